The molecule has 0 saturated carbocycles. The third kappa shape index (κ3) is 55.5. The molecule has 0 aliphatic rings. The fourth-order valence-electron chi connectivity index (χ4n) is 15.4. The van der Waals surface area contributed by atoms with E-state index in [-0.39, 0.29) is 0 Å². The van der Waals surface area contributed by atoms with E-state index in [1.54, 1.807) is 108 Å². The van der Waals surface area contributed by atoms with E-state index in [2.05, 4.69) is 48.5 Å². The zero-order valence-electron chi connectivity index (χ0n) is 58.8. The molecule has 0 N–H and O–H groups in total. The van der Waals surface area contributed by atoms with Crippen LogP contribution in [0.5, 0.6) is 0 Å². The molecule has 0 aromatic carbocycles. The molecule has 0 bridgehead atoms. The van der Waals surface area contributed by atoms with E-state index in [4.69, 9.17) is 0 Å². The predicted octanol–water partition coefficient (Wildman–Crippen LogP) is 30.8. The average molecular weight is 1160 g/mol. The van der Waals surface area contributed by atoms with Crippen LogP contribution in [0.2, 0.25) is 0 Å². The molecule has 81 heavy (non-hydrogen) atoms. The first-order chi connectivity index (χ1) is 40.0. The van der Waals surface area contributed by atoms with Crippen LogP contribution >= 0.6 is 7.26 Å². The van der Waals surface area contributed by atoms with Crippen molar-refractivity contribution < 1.29 is 0 Å². The summed E-state index contributed by atoms with van der Waals surface area (Å²) in [5.41, 5.74) is 1.75. The normalized spacial score (nSPS) is 12.8. The molecule has 1 heteroatoms. The van der Waals surface area contributed by atoms with Gasteiger partial charge in [-0.1, -0.05) is 156 Å². The van der Waals surface area contributed by atoms with Gasteiger partial charge in [0.15, 0.2) is 0 Å². The number of unbranched alkanes of at least 4 members (excludes halogenated alkanes) is 54. The van der Waals surface area contributed by atoms with Crippen LogP contribution in [-0.2, 0) is 0 Å². The van der Waals surface area contributed by atoms with E-state index in [9.17, 15) is 0 Å². The minimum atomic E-state index is -1.43. The Morgan fingerprint density at radius 3 is 0.506 bits per heavy atom. The average Bonchev–Trinajstić information content (AvgIpc) is 3.51. The van der Waals surface area contributed by atoms with Crippen molar-refractivity contribution in [3.63, 3.8) is 0 Å². The fraction of sp³-hybridized carbons (Fsp3) is 1.00. The maximum absolute atomic E-state index is 2.38. The van der Waals surface area contributed by atoms with Gasteiger partial charge >= 0.3 is 366 Å². The van der Waals surface area contributed by atoms with Crippen LogP contribution in [0.1, 0.15) is 485 Å². The molecule has 0 fully saturated rings. The van der Waals surface area contributed by atoms with Crippen molar-refractivity contribution in [2.45, 2.75) is 491 Å². The van der Waals surface area contributed by atoms with Crippen LogP contribution < -0.4 is 0 Å². The monoisotopic (exact) mass is 1160 g/mol. The summed E-state index contributed by atoms with van der Waals surface area (Å²) in [6.07, 6.45) is 107. The number of hydrogen-bond acceptors (Lipinski definition) is 0. The van der Waals surface area contributed by atoms with Crippen LogP contribution in [0.3, 0.4) is 0 Å². The summed E-state index contributed by atoms with van der Waals surface area (Å²) in [5.74, 6) is 0. The number of rotatable bonds is 73. The summed E-state index contributed by atoms with van der Waals surface area (Å²) >= 11 is 0. The summed E-state index contributed by atoms with van der Waals surface area (Å²) in [7, 11) is -1.43. The molecule has 0 aliphatic heterocycles. The summed E-state index contributed by atoms with van der Waals surface area (Å²) in [6, 6.07) is 0. The Kier molecular flexibility index (Phi) is 68.3. The zero-order chi connectivity index (χ0) is 58.8. The molecule has 0 heterocycles. The first-order valence-corrected chi connectivity index (χ1v) is 42.7. The molecule has 0 radical (unpaired) electrons. The Balaban J connectivity index is 6.25. The summed E-state index contributed by atoms with van der Waals surface area (Å²) in [5, 5.41) is 0. The first kappa shape index (κ1) is 81.4. The van der Waals surface area contributed by atoms with E-state index in [0.717, 1.165) is 5.66 Å². The molecule has 1 atom stereocenters. The Bertz CT molecular complexity index is 1010. The molecule has 0 rings (SSSR count). The van der Waals surface area contributed by atoms with Gasteiger partial charge in [0.2, 0.25) is 0 Å². The van der Waals surface area contributed by atoms with Gasteiger partial charge in [-0.25, -0.2) is 0 Å². The maximum atomic E-state index is 2.38. The van der Waals surface area contributed by atoms with Gasteiger partial charge in [-0.15, -0.1) is 0 Å². The molecule has 0 aliphatic carbocycles. The van der Waals surface area contributed by atoms with E-state index < -0.39 is 7.26 Å². The van der Waals surface area contributed by atoms with Gasteiger partial charge in [-0.3, -0.25) is 0 Å². The predicted molar refractivity (Wildman–Crippen MR) is 383 cm³/mol. The fourth-order valence-corrected chi connectivity index (χ4v) is 21.8. The van der Waals surface area contributed by atoms with Gasteiger partial charge in [0.1, 0.15) is 0 Å². The zero-order valence-corrected chi connectivity index (χ0v) is 59.8. The Hall–Kier alpha value is 0.430. The van der Waals surface area contributed by atoms with Crippen molar-refractivity contribution in [2.24, 2.45) is 5.41 Å². The topological polar surface area (TPSA) is 0 Å². The molecule has 0 spiro atoms. The SMILES string of the molecule is CCCCCCCCCCC(CCCCCCCCC(CCCCCCCCCC)(CCCCCCCCCC)CCCCCCCCCC)[PH](CCCCCCCCCC)(CCCCCCCCCC)CCCCCCCCCC. The molecular weight excluding hydrogens is 992 g/mol. The second kappa shape index (κ2) is 67.9. The van der Waals surface area contributed by atoms with Crippen LogP contribution in [0.15, 0.2) is 0 Å². The van der Waals surface area contributed by atoms with Crippen LogP contribution in [0.4, 0.5) is 0 Å². The molecule has 490 valence electrons. The van der Waals surface area contributed by atoms with Gasteiger partial charge in [0.25, 0.3) is 0 Å². The first-order valence-electron chi connectivity index (χ1n) is 40.0. The Morgan fingerprint density at radius 2 is 0.321 bits per heavy atom. The molecule has 0 amide bonds. The molecule has 1 unspecified atom stereocenters. The van der Waals surface area contributed by atoms with Gasteiger partial charge in [-0.2, -0.15) is 0 Å². The van der Waals surface area contributed by atoms with E-state index in [1.165, 1.54) is 347 Å². The van der Waals surface area contributed by atoms with Crippen molar-refractivity contribution in [1.29, 1.82) is 0 Å². The van der Waals surface area contributed by atoms with Crippen molar-refractivity contribution in [3.8, 4) is 0 Å². The molecule has 0 aromatic heterocycles. The molecular formula is C80H165P. The minimum absolute atomic E-state index is 0.641. The molecule has 0 aromatic rings. The summed E-state index contributed by atoms with van der Waals surface area (Å²) in [6.45, 7) is 16.6. The number of hydrogen-bond donors (Lipinski definition) is 0. The van der Waals surface area contributed by atoms with Gasteiger partial charge in [0.05, 0.1) is 0 Å². The molecule has 0 saturated heterocycles. The van der Waals surface area contributed by atoms with Gasteiger partial charge in [0, 0.05) is 0 Å². The van der Waals surface area contributed by atoms with Crippen LogP contribution in [0.25, 0.3) is 0 Å². The van der Waals surface area contributed by atoms with Gasteiger partial charge < -0.3 is 0 Å². The van der Waals surface area contributed by atoms with Crippen LogP contribution in [0, 0.1) is 5.41 Å². The summed E-state index contributed by atoms with van der Waals surface area (Å²) < 4.78 is 0. The summed E-state index contributed by atoms with van der Waals surface area (Å²) in [4.78, 5) is 0. The molecule has 0 nitrogen and oxygen atoms in total. The van der Waals surface area contributed by atoms with E-state index in [1.807, 2.05) is 0 Å². The third-order valence-electron chi connectivity index (χ3n) is 21.0. The standard InChI is InChI=1S/C80H165P/c1-8-15-22-29-36-43-52-61-70-79(81(76-67-58-49-40-33-26-19-12-5,77-68-59-50-41-34-27-20-13-6)78-69-60-51-42-35-28-21-14-7)71-62-53-44-48-57-66-75-80(72-63-54-45-37-30-23-16-9-2,73-64-55-46-38-31-24-17-10-3)74-65-56-47-39-32-25-18-11-4/h79,81H,8-78H2,1-7H3. The third-order valence-corrected chi connectivity index (χ3v) is 27.4. The van der Waals surface area contributed by atoms with Crippen molar-refractivity contribution in [2.75, 3.05) is 18.5 Å². The second-order valence-corrected chi connectivity index (χ2v) is 33.9. The van der Waals surface area contributed by atoms with Gasteiger partial charge in [-0.05, 0) is 0 Å². The van der Waals surface area contributed by atoms with Crippen molar-refractivity contribution in [3.05, 3.63) is 0 Å². The quantitative estimate of drug-likeness (QED) is 0.0421. The Morgan fingerprint density at radius 1 is 0.173 bits per heavy atom. The van der Waals surface area contributed by atoms with E-state index >= 15 is 0 Å². The second-order valence-electron chi connectivity index (χ2n) is 28.8. The Labute approximate surface area is 519 Å². The van der Waals surface area contributed by atoms with Crippen molar-refractivity contribution in [1.82, 2.24) is 0 Å². The van der Waals surface area contributed by atoms with Crippen molar-refractivity contribution >= 4 is 7.26 Å². The van der Waals surface area contributed by atoms with Crippen LogP contribution in [-0.4, -0.2) is 24.1 Å². The van der Waals surface area contributed by atoms with E-state index in [0.29, 0.717) is 5.41 Å².